The minimum absolute atomic E-state index is 0.0295. The Morgan fingerprint density at radius 2 is 1.71 bits per heavy atom. The summed E-state index contributed by atoms with van der Waals surface area (Å²) in [6.45, 7) is 1.58. The zero-order valence-corrected chi connectivity index (χ0v) is 11.6. The normalized spacial score (nSPS) is 15.2. The SMILES string of the molecule is CC(O)(CC(O)c1ccccc1)c1ccc([N+](=O)[O-])cc1. The number of hydrogen-bond acceptors (Lipinski definition) is 4. The van der Waals surface area contributed by atoms with Crippen LogP contribution in [-0.2, 0) is 5.60 Å². The van der Waals surface area contributed by atoms with E-state index in [1.54, 1.807) is 19.1 Å². The van der Waals surface area contributed by atoms with Gasteiger partial charge in [0.25, 0.3) is 5.69 Å². The van der Waals surface area contributed by atoms with Crippen molar-refractivity contribution in [3.8, 4) is 0 Å². The number of nitrogens with zero attached hydrogens (tertiary/aromatic N) is 1. The number of nitro benzene ring substituents is 1. The van der Waals surface area contributed by atoms with Crippen molar-refractivity contribution in [2.24, 2.45) is 0 Å². The number of non-ortho nitro benzene ring substituents is 1. The van der Waals surface area contributed by atoms with E-state index < -0.39 is 16.6 Å². The zero-order valence-electron chi connectivity index (χ0n) is 11.6. The largest absolute Gasteiger partial charge is 0.388 e. The predicted molar refractivity (Wildman–Crippen MR) is 78.7 cm³/mol. The summed E-state index contributed by atoms with van der Waals surface area (Å²) in [5.41, 5.74) is -0.0503. The fourth-order valence-electron chi connectivity index (χ4n) is 2.23. The van der Waals surface area contributed by atoms with Gasteiger partial charge in [-0.25, -0.2) is 0 Å². The van der Waals surface area contributed by atoms with Crippen LogP contribution in [0.1, 0.15) is 30.6 Å². The highest BCUT2D eigenvalue weighted by Gasteiger charge is 2.27. The molecule has 0 aliphatic rings. The third-order valence-electron chi connectivity index (χ3n) is 3.48. The third-order valence-corrected chi connectivity index (χ3v) is 3.48. The van der Waals surface area contributed by atoms with Crippen molar-refractivity contribution in [1.29, 1.82) is 0 Å². The molecule has 2 aromatic carbocycles. The van der Waals surface area contributed by atoms with E-state index in [1.807, 2.05) is 18.2 Å². The molecule has 0 fully saturated rings. The summed E-state index contributed by atoms with van der Waals surface area (Å²) in [5, 5.41) is 31.3. The second-order valence-electron chi connectivity index (χ2n) is 5.21. The number of aliphatic hydroxyl groups is 2. The Kier molecular flexibility index (Phi) is 4.35. The van der Waals surface area contributed by atoms with Crippen molar-refractivity contribution in [1.82, 2.24) is 0 Å². The van der Waals surface area contributed by atoms with Crippen molar-refractivity contribution in [2.45, 2.75) is 25.0 Å². The quantitative estimate of drug-likeness (QED) is 0.654. The van der Waals surface area contributed by atoms with Gasteiger partial charge in [-0.3, -0.25) is 10.1 Å². The van der Waals surface area contributed by atoms with Crippen LogP contribution >= 0.6 is 0 Å². The smallest absolute Gasteiger partial charge is 0.269 e. The highest BCUT2D eigenvalue weighted by molar-refractivity contribution is 5.35. The van der Waals surface area contributed by atoms with Crippen LogP contribution in [0.2, 0.25) is 0 Å². The third kappa shape index (κ3) is 3.65. The van der Waals surface area contributed by atoms with E-state index in [0.29, 0.717) is 5.56 Å². The molecule has 5 heteroatoms. The fourth-order valence-corrected chi connectivity index (χ4v) is 2.23. The van der Waals surface area contributed by atoms with E-state index in [2.05, 4.69) is 0 Å². The highest BCUT2D eigenvalue weighted by Crippen LogP contribution is 2.32. The van der Waals surface area contributed by atoms with Gasteiger partial charge in [-0.05, 0) is 30.2 Å². The molecule has 2 unspecified atom stereocenters. The van der Waals surface area contributed by atoms with Crippen LogP contribution in [0, 0.1) is 10.1 Å². The maximum atomic E-state index is 10.6. The Morgan fingerprint density at radius 1 is 1.14 bits per heavy atom. The molecule has 0 spiro atoms. The van der Waals surface area contributed by atoms with Crippen LogP contribution in [0.15, 0.2) is 54.6 Å². The molecule has 0 saturated heterocycles. The van der Waals surface area contributed by atoms with E-state index in [0.717, 1.165) is 5.56 Å². The molecule has 2 aromatic rings. The lowest BCUT2D eigenvalue weighted by Gasteiger charge is -2.26. The van der Waals surface area contributed by atoms with E-state index >= 15 is 0 Å². The second kappa shape index (κ2) is 6.03. The van der Waals surface area contributed by atoms with Gasteiger partial charge in [0.2, 0.25) is 0 Å². The summed E-state index contributed by atoms with van der Waals surface area (Å²) in [7, 11) is 0. The van der Waals surface area contributed by atoms with Gasteiger partial charge < -0.3 is 10.2 Å². The molecule has 0 saturated carbocycles. The predicted octanol–water partition coefficient (Wildman–Crippen LogP) is 2.93. The minimum Gasteiger partial charge on any atom is -0.388 e. The number of aliphatic hydroxyl groups excluding tert-OH is 1. The summed E-state index contributed by atoms with van der Waals surface area (Å²) < 4.78 is 0. The molecule has 2 atom stereocenters. The molecular formula is C16H17NO4. The van der Waals surface area contributed by atoms with Gasteiger partial charge in [0.15, 0.2) is 0 Å². The van der Waals surface area contributed by atoms with E-state index in [4.69, 9.17) is 0 Å². The molecule has 0 aromatic heterocycles. The topological polar surface area (TPSA) is 83.6 Å². The van der Waals surface area contributed by atoms with E-state index in [-0.39, 0.29) is 12.1 Å². The Labute approximate surface area is 122 Å². The second-order valence-corrected chi connectivity index (χ2v) is 5.21. The number of hydrogen-bond donors (Lipinski definition) is 2. The average molecular weight is 287 g/mol. The van der Waals surface area contributed by atoms with Gasteiger partial charge in [-0.1, -0.05) is 30.3 Å². The molecule has 21 heavy (non-hydrogen) atoms. The molecular weight excluding hydrogens is 270 g/mol. The van der Waals surface area contributed by atoms with Gasteiger partial charge in [-0.2, -0.15) is 0 Å². The first-order chi connectivity index (χ1) is 9.90. The van der Waals surface area contributed by atoms with Gasteiger partial charge in [-0.15, -0.1) is 0 Å². The first-order valence-electron chi connectivity index (χ1n) is 6.60. The monoisotopic (exact) mass is 287 g/mol. The Hall–Kier alpha value is -2.24. The standard InChI is InChI=1S/C16H17NO4/c1-16(19,11-15(18)12-5-3-2-4-6-12)13-7-9-14(10-8-13)17(20)21/h2-10,15,18-19H,11H2,1H3. The molecule has 0 aliphatic heterocycles. The lowest BCUT2D eigenvalue weighted by Crippen LogP contribution is -2.24. The molecule has 0 radical (unpaired) electrons. The van der Waals surface area contributed by atoms with Crippen LogP contribution < -0.4 is 0 Å². The molecule has 2 N–H and O–H groups in total. The van der Waals surface area contributed by atoms with Crippen LogP contribution in [-0.4, -0.2) is 15.1 Å². The van der Waals surface area contributed by atoms with Gasteiger partial charge in [0.1, 0.15) is 0 Å². The summed E-state index contributed by atoms with van der Waals surface area (Å²) >= 11 is 0. The van der Waals surface area contributed by atoms with Crippen molar-refractivity contribution in [3.63, 3.8) is 0 Å². The maximum absolute atomic E-state index is 10.6. The van der Waals surface area contributed by atoms with Gasteiger partial charge in [0, 0.05) is 18.6 Å². The Bertz CT molecular complexity index is 608. The van der Waals surface area contributed by atoms with Crippen LogP contribution in [0.3, 0.4) is 0 Å². The summed E-state index contributed by atoms with van der Waals surface area (Å²) in [6.07, 6.45) is -0.703. The molecule has 0 heterocycles. The Balaban J connectivity index is 2.16. The zero-order chi connectivity index (χ0) is 15.5. The van der Waals surface area contributed by atoms with Gasteiger partial charge >= 0.3 is 0 Å². The average Bonchev–Trinajstić information content (AvgIpc) is 2.48. The first-order valence-corrected chi connectivity index (χ1v) is 6.60. The van der Waals surface area contributed by atoms with Crippen LogP contribution in [0.25, 0.3) is 0 Å². The maximum Gasteiger partial charge on any atom is 0.269 e. The summed E-state index contributed by atoms with van der Waals surface area (Å²) in [6, 6.07) is 14.8. The van der Waals surface area contributed by atoms with Gasteiger partial charge in [0.05, 0.1) is 16.6 Å². The minimum atomic E-state index is -1.27. The molecule has 0 amide bonds. The molecule has 0 bridgehead atoms. The van der Waals surface area contributed by atoms with Crippen molar-refractivity contribution < 1.29 is 15.1 Å². The lowest BCUT2D eigenvalue weighted by molar-refractivity contribution is -0.384. The fraction of sp³-hybridized carbons (Fsp3) is 0.250. The molecule has 110 valence electrons. The van der Waals surface area contributed by atoms with Crippen LogP contribution in [0.4, 0.5) is 5.69 Å². The van der Waals surface area contributed by atoms with Crippen molar-refractivity contribution in [2.75, 3.05) is 0 Å². The summed E-state index contributed by atoms with van der Waals surface area (Å²) in [5.74, 6) is 0. The van der Waals surface area contributed by atoms with Crippen molar-refractivity contribution in [3.05, 3.63) is 75.8 Å². The summed E-state index contributed by atoms with van der Waals surface area (Å²) in [4.78, 5) is 10.1. The first kappa shape index (κ1) is 15.2. The van der Waals surface area contributed by atoms with E-state index in [1.165, 1.54) is 24.3 Å². The molecule has 0 aliphatic carbocycles. The van der Waals surface area contributed by atoms with Crippen molar-refractivity contribution >= 4 is 5.69 Å². The molecule has 5 nitrogen and oxygen atoms in total. The highest BCUT2D eigenvalue weighted by atomic mass is 16.6. The van der Waals surface area contributed by atoms with E-state index in [9.17, 15) is 20.3 Å². The Morgan fingerprint density at radius 3 is 2.24 bits per heavy atom. The lowest BCUT2D eigenvalue weighted by atomic mass is 9.88. The number of benzene rings is 2. The number of rotatable bonds is 5. The number of nitro groups is 1. The molecule has 2 rings (SSSR count). The van der Waals surface area contributed by atoms with Crippen LogP contribution in [0.5, 0.6) is 0 Å².